The number of H-pyrrole nitrogens is 1. The standard InChI is InChI=1S/C21H18ClF2N3O3.C21H17F2N3O3.C18H15P.C17H13F2N3O.C10H6F2N2O.C7H9NO.C4H6Cl2O2.CH2O3.CH4.2Cs.H/c22-6-7-30-13-20(28)25-18-3-1-2-14(8-18)12-27-21(29)5-4-19(26-27)15-9-16(23)11-17(24)10-15;22-16-9-15(10-17(23)11-16)19-4-5-20(27)26(24-19)12-14-2-1-3-18(8-14)25-6-7-29-13-21(25)28;1-4-10-16(11-5-1)19(17-12-6-2-7-13-17)18-14-8-3-9-15-18;18-13-7-12(8-14(19)9-13)16-4-5-17(23)22(21-16)10-11-2-1-3-15(20)6-11;11-7-3-6(4-8(12)5-7)9-1-2-10(15)14-13-9;8-7-3-1-2-6(4-7)5-9;5-1-2-8-3-4(6)7;2-1-4-3;;;;/h1-5,8-11H,6-7,12-13H2,(H,25,28);1-5,8-11H,6-7,12-13H2;1-15H;1-9H,10,20H2;1-5H,(H,14,15);1-4,9H,5,8H2;1-3H2;1,3H;1H4;;;/q;;;;;;;;;2*+1;-1/p-1. The number of carbonyl (C=O) groups excluding carboxylic acids is 4. The number of aliphatic hydroxyl groups excluding tert-OH is 1. The number of aromatic nitrogens is 8. The van der Waals surface area contributed by atoms with E-state index in [9.17, 15) is 68.7 Å². The van der Waals surface area contributed by atoms with Gasteiger partial charge in [0.1, 0.15) is 66.4 Å². The van der Waals surface area contributed by atoms with E-state index in [1.807, 2.05) is 36.4 Å². The van der Waals surface area contributed by atoms with Crippen LogP contribution in [0.1, 0.15) is 31.1 Å². The summed E-state index contributed by atoms with van der Waals surface area (Å²) in [7, 11) is -0.446. The number of carbonyl (C=O) groups is 4. The number of anilines is 4. The molecule has 2 amide bonds. The zero-order valence-corrected chi connectivity index (χ0v) is 90.0. The molecule has 40 heteroatoms. The van der Waals surface area contributed by atoms with Crippen molar-refractivity contribution in [3.05, 3.63) is 420 Å². The molecule has 0 bridgehead atoms. The number of halogens is 11. The summed E-state index contributed by atoms with van der Waals surface area (Å²) in [6.07, 6.45) is 0. The van der Waals surface area contributed by atoms with Crippen LogP contribution in [0.5, 0.6) is 0 Å². The number of rotatable bonds is 25. The fraction of sp³-hybridized carbons (Fsp3) is 0.140. The van der Waals surface area contributed by atoms with E-state index in [2.05, 4.69) is 131 Å². The van der Waals surface area contributed by atoms with Crippen molar-refractivity contribution in [1.82, 2.24) is 39.5 Å². The molecule has 0 aliphatic carbocycles. The fourth-order valence-corrected chi connectivity index (χ4v) is 15.1. The first-order valence-corrected chi connectivity index (χ1v) is 43.8. The minimum atomic E-state index is -0.733. The number of aromatic amines is 1. The summed E-state index contributed by atoms with van der Waals surface area (Å²) in [6, 6.07) is 83.8. The van der Waals surface area contributed by atoms with Gasteiger partial charge in [0, 0.05) is 112 Å². The Hall–Kier alpha value is -10.7. The van der Waals surface area contributed by atoms with E-state index in [1.165, 1.54) is 90.6 Å². The van der Waals surface area contributed by atoms with Gasteiger partial charge in [0.15, 0.2) is 0 Å². The van der Waals surface area contributed by atoms with Crippen LogP contribution >= 0.6 is 42.7 Å². The number of hydrogen-bond donors (Lipinski definition) is 5. The molecule has 1 aliphatic rings. The molecule has 0 spiro atoms. The van der Waals surface area contributed by atoms with Crippen molar-refractivity contribution < 1.29 is 223 Å². The Morgan fingerprint density at radius 2 is 0.829 bits per heavy atom. The predicted molar refractivity (Wildman–Crippen MR) is 515 cm³/mol. The third-order valence-electron chi connectivity index (χ3n) is 18.4. The van der Waals surface area contributed by atoms with Crippen molar-refractivity contribution >= 4 is 105 Å². The number of ether oxygens (including phenoxy) is 3. The SMILES string of the molecule is C.Nc1cccc(CO)c1.Nc1cccc(Cn2nc(-c3cc(F)cc(F)c3)ccc2=O)c1.O=C(COCCCl)Nc1cccc(Cn2nc(-c3cc(F)cc(F)c3)ccc2=O)c1.O=C(Cl)COCCCl.O=C1COCCN1c1cccc(Cn2nc(-c3cc(F)cc(F)c3)ccc2=O)c1.O=CO[O-].O=c1ccc(-c2cc(F)cc(F)c2)n[nH]1.[Cs+].[Cs+].[H-].c1ccc(P(c2ccccc2)c2ccccc2)cc1. The van der Waals surface area contributed by atoms with E-state index >= 15 is 0 Å². The second kappa shape index (κ2) is 63.2. The second-order valence-electron chi connectivity index (χ2n) is 28.6. The molecule has 11 aromatic carbocycles. The molecular weight excluding hydrogens is 2150 g/mol. The number of nitrogens with two attached hydrogens (primary N) is 2. The molecule has 1 saturated heterocycles. The maximum atomic E-state index is 13.5. The third-order valence-corrected chi connectivity index (χ3v) is 21.2. The number of hydrogen-bond acceptors (Lipinski definition) is 20. The summed E-state index contributed by atoms with van der Waals surface area (Å²) < 4.78 is 125. The van der Waals surface area contributed by atoms with Gasteiger partial charge >= 0.3 is 138 Å². The smallest absolute Gasteiger partial charge is 1.00 e. The molecule has 718 valence electrons. The van der Waals surface area contributed by atoms with Gasteiger partial charge in [-0.15, -0.1) is 23.2 Å². The molecule has 0 atom stereocenters. The molecule has 140 heavy (non-hydrogen) atoms. The van der Waals surface area contributed by atoms with Crippen molar-refractivity contribution in [1.29, 1.82) is 0 Å². The molecule has 0 radical (unpaired) electrons. The third kappa shape index (κ3) is 41.1. The fourth-order valence-electron chi connectivity index (χ4n) is 12.5. The first kappa shape index (κ1) is 118. The van der Waals surface area contributed by atoms with Crippen LogP contribution in [0.4, 0.5) is 57.9 Å². The van der Waals surface area contributed by atoms with Crippen LogP contribution in [-0.2, 0) is 64.5 Å². The van der Waals surface area contributed by atoms with Crippen LogP contribution < -0.4 is 203 Å². The summed E-state index contributed by atoms with van der Waals surface area (Å²) in [6.45, 7) is 1.80. The zero-order chi connectivity index (χ0) is 98.5. The van der Waals surface area contributed by atoms with Gasteiger partial charge < -0.3 is 52.6 Å². The maximum Gasteiger partial charge on any atom is 1.00 e. The number of nitrogen functional groups attached to an aromatic ring is 2. The van der Waals surface area contributed by atoms with E-state index in [0.717, 1.165) is 77.4 Å². The number of benzene rings is 11. The molecule has 0 saturated carbocycles. The normalized spacial score (nSPS) is 10.8. The number of amides is 2. The largest absolute Gasteiger partial charge is 1.00 e. The van der Waals surface area contributed by atoms with Crippen molar-refractivity contribution in [2.24, 2.45) is 0 Å². The minimum absolute atomic E-state index is 0. The van der Waals surface area contributed by atoms with Crippen LogP contribution in [0.3, 0.4) is 0 Å². The Balaban J connectivity index is 0.000000297. The Morgan fingerprint density at radius 1 is 0.471 bits per heavy atom. The Bertz CT molecular complexity index is 6580. The van der Waals surface area contributed by atoms with Gasteiger partial charge in [-0.1, -0.05) is 147 Å². The van der Waals surface area contributed by atoms with Gasteiger partial charge in [0.2, 0.25) is 11.1 Å². The van der Waals surface area contributed by atoms with Gasteiger partial charge in [0.25, 0.3) is 34.6 Å². The molecule has 5 heterocycles. The molecule has 1 aliphatic heterocycles. The predicted octanol–water partition coefficient (Wildman–Crippen LogP) is 8.97. The molecule has 15 aromatic rings. The van der Waals surface area contributed by atoms with Crippen LogP contribution in [0.15, 0.2) is 329 Å². The number of morpholine rings is 1. The van der Waals surface area contributed by atoms with Crippen molar-refractivity contribution in [3.8, 4) is 45.0 Å². The molecule has 4 aromatic heterocycles. The Labute approximate surface area is 933 Å². The van der Waals surface area contributed by atoms with Crippen LogP contribution in [0.2, 0.25) is 0 Å². The molecule has 16 rings (SSSR count). The molecular formula is C100H90Cl3Cs2F8N12O14P. The van der Waals surface area contributed by atoms with Gasteiger partial charge in [-0.2, -0.15) is 20.4 Å². The van der Waals surface area contributed by atoms with Crippen molar-refractivity contribution in [2.75, 3.05) is 79.6 Å². The molecule has 1 fully saturated rings. The average molecular weight is 2240 g/mol. The summed E-state index contributed by atoms with van der Waals surface area (Å²) in [5, 5.41) is 41.9. The summed E-state index contributed by atoms with van der Waals surface area (Å²) in [5.74, 6) is -5.44. The van der Waals surface area contributed by atoms with E-state index in [1.54, 1.807) is 65.6 Å². The van der Waals surface area contributed by atoms with Crippen molar-refractivity contribution in [2.45, 2.75) is 33.7 Å². The number of alkyl halides is 2. The second-order valence-corrected chi connectivity index (χ2v) is 32.0. The van der Waals surface area contributed by atoms with Crippen LogP contribution in [0, 0.1) is 46.5 Å². The van der Waals surface area contributed by atoms with E-state index in [0.29, 0.717) is 71.2 Å². The Kier molecular flexibility index (Phi) is 53.3. The maximum absolute atomic E-state index is 13.5. The molecule has 26 nitrogen and oxygen atoms in total. The first-order chi connectivity index (χ1) is 66.0. The van der Waals surface area contributed by atoms with E-state index in [4.69, 9.17) is 70.9 Å². The van der Waals surface area contributed by atoms with E-state index in [-0.39, 0.29) is 273 Å². The quantitative estimate of drug-likeness (QED) is 0.00410. The Morgan fingerprint density at radius 3 is 1.19 bits per heavy atom. The molecule has 0 unspecified atom stereocenters. The first-order valence-electron chi connectivity index (χ1n) is 41.0. The number of nitrogens with zero attached hydrogens (tertiary/aromatic N) is 8. The summed E-state index contributed by atoms with van der Waals surface area (Å²) >= 11 is 15.6. The summed E-state index contributed by atoms with van der Waals surface area (Å²) in [5.41, 5.74) is 17.6. The molecule has 7 N–H and O–H groups in total. The number of aliphatic hydroxyl groups is 1. The van der Waals surface area contributed by atoms with Crippen molar-refractivity contribution in [3.63, 3.8) is 0 Å². The van der Waals surface area contributed by atoms with Crippen LogP contribution in [0.25, 0.3) is 45.0 Å². The van der Waals surface area contributed by atoms with Gasteiger partial charge in [-0.05, 0) is 179 Å². The zero-order valence-electron chi connectivity index (χ0n) is 75.3. The minimum Gasteiger partial charge on any atom is -1.00 e. The van der Waals surface area contributed by atoms with Gasteiger partial charge in [-0.3, -0.25) is 38.4 Å². The van der Waals surface area contributed by atoms with Gasteiger partial charge in [-0.25, -0.2) is 54.3 Å². The monoisotopic (exact) mass is 2240 g/mol. The van der Waals surface area contributed by atoms with Crippen LogP contribution in [-0.4, -0.2) is 126 Å². The topological polar surface area (TPSA) is 366 Å². The number of nitrogens with one attached hydrogen (secondary N) is 2. The van der Waals surface area contributed by atoms with Gasteiger partial charge in [0.05, 0.1) is 68.8 Å². The average Bonchev–Trinajstić information content (AvgIpc) is 0.821. The van der Waals surface area contributed by atoms with E-state index < -0.39 is 59.7 Å². The summed E-state index contributed by atoms with van der Waals surface area (Å²) in [4.78, 5) is 93.8.